The smallest absolute Gasteiger partial charge is 0.295 e. The predicted molar refractivity (Wildman–Crippen MR) is 125 cm³/mol. The van der Waals surface area contributed by atoms with Crippen LogP contribution in [-0.2, 0) is 14.3 Å². The van der Waals surface area contributed by atoms with Crippen molar-refractivity contribution < 1.29 is 24.5 Å². The first-order valence-electron chi connectivity index (χ1n) is 11.0. The van der Waals surface area contributed by atoms with Gasteiger partial charge in [0.15, 0.2) is 0 Å². The van der Waals surface area contributed by atoms with Crippen LogP contribution in [0.2, 0.25) is 5.02 Å². The maximum atomic E-state index is 13.1. The molecule has 2 saturated heterocycles. The summed E-state index contributed by atoms with van der Waals surface area (Å²) in [6.45, 7) is 6.00. The lowest BCUT2D eigenvalue weighted by molar-refractivity contribution is -0.140. The monoisotopic (exact) mass is 470 g/mol. The van der Waals surface area contributed by atoms with Crippen LogP contribution >= 0.6 is 11.6 Å². The molecule has 1 amide bonds. The molecule has 4 rings (SSSR count). The van der Waals surface area contributed by atoms with Gasteiger partial charge in [-0.3, -0.25) is 14.5 Å². The van der Waals surface area contributed by atoms with E-state index in [1.165, 1.54) is 11.0 Å². The first-order chi connectivity index (χ1) is 15.9. The fourth-order valence-electron chi connectivity index (χ4n) is 4.38. The highest BCUT2D eigenvalue weighted by Crippen LogP contribution is 2.41. The van der Waals surface area contributed by atoms with Gasteiger partial charge in [0, 0.05) is 31.2 Å². The Bertz CT molecular complexity index is 1080. The molecule has 0 aromatic heterocycles. The van der Waals surface area contributed by atoms with E-state index in [9.17, 15) is 19.8 Å². The summed E-state index contributed by atoms with van der Waals surface area (Å²) in [6, 6.07) is 10.9. The van der Waals surface area contributed by atoms with Gasteiger partial charge in [-0.2, -0.15) is 0 Å². The lowest BCUT2D eigenvalue weighted by atomic mass is 9.94. The zero-order valence-corrected chi connectivity index (χ0v) is 19.2. The van der Waals surface area contributed by atoms with E-state index in [0.29, 0.717) is 36.8 Å². The Morgan fingerprint density at radius 2 is 1.79 bits per heavy atom. The Hall–Kier alpha value is -2.87. The van der Waals surface area contributed by atoms with Crippen LogP contribution in [-0.4, -0.2) is 71.1 Å². The summed E-state index contributed by atoms with van der Waals surface area (Å²) in [6.07, 6.45) is 0.673. The number of ketones is 1. The molecule has 33 heavy (non-hydrogen) atoms. The van der Waals surface area contributed by atoms with Crippen molar-refractivity contribution in [3.8, 4) is 5.75 Å². The number of Topliss-reactive ketones (excluding diaryl/α,β-unsaturated/α-hetero) is 1. The lowest BCUT2D eigenvalue weighted by Gasteiger charge is -2.29. The third-order valence-electron chi connectivity index (χ3n) is 6.11. The largest absolute Gasteiger partial charge is 0.507 e. The van der Waals surface area contributed by atoms with E-state index in [1.54, 1.807) is 36.4 Å². The van der Waals surface area contributed by atoms with Crippen molar-refractivity contribution in [1.82, 2.24) is 9.80 Å². The zero-order chi connectivity index (χ0) is 23.5. The Kier molecular flexibility index (Phi) is 7.02. The third-order valence-corrected chi connectivity index (χ3v) is 6.36. The highest BCUT2D eigenvalue weighted by atomic mass is 35.5. The van der Waals surface area contributed by atoms with Crippen molar-refractivity contribution in [3.63, 3.8) is 0 Å². The normalized spacial score (nSPS) is 21.0. The van der Waals surface area contributed by atoms with E-state index in [-0.39, 0.29) is 22.6 Å². The molecule has 2 aliphatic rings. The summed E-state index contributed by atoms with van der Waals surface area (Å²) < 4.78 is 5.38. The van der Waals surface area contributed by atoms with E-state index in [4.69, 9.17) is 16.3 Å². The molecular weight excluding hydrogens is 444 g/mol. The maximum Gasteiger partial charge on any atom is 0.295 e. The van der Waals surface area contributed by atoms with Crippen LogP contribution in [0.5, 0.6) is 5.75 Å². The molecule has 2 N–H and O–H groups in total. The van der Waals surface area contributed by atoms with Gasteiger partial charge < -0.3 is 19.8 Å². The highest BCUT2D eigenvalue weighted by molar-refractivity contribution is 6.46. The number of phenols is 1. The highest BCUT2D eigenvalue weighted by Gasteiger charge is 2.46. The summed E-state index contributed by atoms with van der Waals surface area (Å²) in [5.41, 5.74) is 1.56. The molecule has 0 bridgehead atoms. The number of hydrogen-bond acceptors (Lipinski definition) is 6. The first kappa shape index (κ1) is 23.3. The van der Waals surface area contributed by atoms with Gasteiger partial charge >= 0.3 is 0 Å². The van der Waals surface area contributed by atoms with Crippen LogP contribution in [0.3, 0.4) is 0 Å². The molecule has 7 nitrogen and oxygen atoms in total. The Morgan fingerprint density at radius 1 is 1.09 bits per heavy atom. The molecule has 1 unspecified atom stereocenters. The number of aliphatic hydroxyl groups excluding tert-OH is 1. The molecular formula is C25H27ClN2O5. The van der Waals surface area contributed by atoms with Crippen molar-refractivity contribution in [2.45, 2.75) is 19.4 Å². The summed E-state index contributed by atoms with van der Waals surface area (Å²) >= 11 is 6.06. The predicted octanol–water partition coefficient (Wildman–Crippen LogP) is 3.50. The van der Waals surface area contributed by atoms with Crippen molar-refractivity contribution in [1.29, 1.82) is 0 Å². The average molecular weight is 471 g/mol. The molecule has 1 atom stereocenters. The van der Waals surface area contributed by atoms with Crippen LogP contribution in [0, 0.1) is 6.92 Å². The Morgan fingerprint density at radius 3 is 2.48 bits per heavy atom. The van der Waals surface area contributed by atoms with E-state index in [0.717, 1.165) is 25.2 Å². The van der Waals surface area contributed by atoms with Crippen molar-refractivity contribution in [2.24, 2.45) is 0 Å². The van der Waals surface area contributed by atoms with Crippen molar-refractivity contribution >= 4 is 29.1 Å². The van der Waals surface area contributed by atoms with Gasteiger partial charge in [-0.05, 0) is 43.2 Å². The Balaban J connectivity index is 1.70. The van der Waals surface area contributed by atoms with Gasteiger partial charge in [-0.15, -0.1) is 0 Å². The molecule has 2 fully saturated rings. The van der Waals surface area contributed by atoms with Gasteiger partial charge in [0.25, 0.3) is 11.7 Å². The summed E-state index contributed by atoms with van der Waals surface area (Å²) in [5, 5.41) is 22.0. The van der Waals surface area contributed by atoms with E-state index in [2.05, 4.69) is 4.90 Å². The van der Waals surface area contributed by atoms with Gasteiger partial charge in [0.05, 0.1) is 30.4 Å². The minimum absolute atomic E-state index is 0.0328. The quantitative estimate of drug-likeness (QED) is 0.381. The zero-order valence-electron chi connectivity index (χ0n) is 18.5. The van der Waals surface area contributed by atoms with Crippen LogP contribution in [0.1, 0.15) is 29.2 Å². The van der Waals surface area contributed by atoms with Crippen molar-refractivity contribution in [2.75, 3.05) is 39.4 Å². The number of carbonyl (C=O) groups excluding carboxylic acids is 2. The minimum Gasteiger partial charge on any atom is -0.507 e. The number of nitrogens with zero attached hydrogens (tertiary/aromatic N) is 2. The molecule has 2 heterocycles. The summed E-state index contributed by atoms with van der Waals surface area (Å²) in [7, 11) is 0. The standard InChI is InChI=1S/C25H27ClN2O5/c1-16-3-8-20(29)19(15-16)23(30)21-22(17-4-6-18(26)7-5-17)28(25(32)24(21)31)10-2-9-27-11-13-33-14-12-27/h3-8,15,22,29-30H,2,9-14H2,1H3/b23-21+. The number of benzene rings is 2. The number of aromatic hydroxyl groups is 1. The number of halogens is 1. The van der Waals surface area contributed by atoms with E-state index >= 15 is 0 Å². The number of amides is 1. The summed E-state index contributed by atoms with van der Waals surface area (Å²) in [4.78, 5) is 29.9. The molecule has 2 aromatic rings. The molecule has 0 spiro atoms. The second-order valence-corrected chi connectivity index (χ2v) is 8.81. The third kappa shape index (κ3) is 4.90. The van der Waals surface area contributed by atoms with Gasteiger partial charge in [-0.25, -0.2) is 0 Å². The maximum absolute atomic E-state index is 13.1. The minimum atomic E-state index is -0.771. The van der Waals surface area contributed by atoms with Crippen LogP contribution in [0.4, 0.5) is 0 Å². The molecule has 174 valence electrons. The van der Waals surface area contributed by atoms with E-state index < -0.39 is 17.7 Å². The number of aliphatic hydroxyl groups is 1. The molecule has 0 aliphatic carbocycles. The van der Waals surface area contributed by atoms with Gasteiger partial charge in [0.2, 0.25) is 0 Å². The second-order valence-electron chi connectivity index (χ2n) is 8.37. The molecule has 0 saturated carbocycles. The first-order valence-corrected chi connectivity index (χ1v) is 11.4. The van der Waals surface area contributed by atoms with Gasteiger partial charge in [0.1, 0.15) is 11.5 Å². The molecule has 8 heteroatoms. The average Bonchev–Trinajstić information content (AvgIpc) is 3.06. The Labute approximate surface area is 197 Å². The topological polar surface area (TPSA) is 90.3 Å². The lowest BCUT2D eigenvalue weighted by Crippen LogP contribution is -2.38. The van der Waals surface area contributed by atoms with Crippen LogP contribution < -0.4 is 0 Å². The van der Waals surface area contributed by atoms with Crippen LogP contribution in [0.25, 0.3) is 5.76 Å². The molecule has 2 aliphatic heterocycles. The number of hydrogen-bond donors (Lipinski definition) is 2. The number of likely N-dealkylation sites (tertiary alicyclic amines) is 1. The number of ether oxygens (including phenoxy) is 1. The fraction of sp³-hybridized carbons (Fsp3) is 0.360. The SMILES string of the molecule is Cc1ccc(O)c(/C(O)=C2\C(=O)C(=O)N(CCCN3CCOCC3)C2c2ccc(Cl)cc2)c1. The number of phenolic OH excluding ortho intramolecular Hbond substituents is 1. The van der Waals surface area contributed by atoms with E-state index in [1.807, 2.05) is 6.92 Å². The van der Waals surface area contributed by atoms with Crippen LogP contribution in [0.15, 0.2) is 48.0 Å². The summed E-state index contributed by atoms with van der Waals surface area (Å²) in [5.74, 6) is -1.97. The number of carbonyl (C=O) groups is 2. The van der Waals surface area contributed by atoms with Gasteiger partial charge in [-0.1, -0.05) is 35.4 Å². The number of morpholine rings is 1. The number of aryl methyl sites for hydroxylation is 1. The fourth-order valence-corrected chi connectivity index (χ4v) is 4.50. The van der Waals surface area contributed by atoms with Crippen molar-refractivity contribution in [3.05, 3.63) is 69.8 Å². The molecule has 2 aromatic carbocycles. The second kappa shape index (κ2) is 9.95. The number of rotatable bonds is 6. The molecule has 0 radical (unpaired) electrons.